The fourth-order valence-corrected chi connectivity index (χ4v) is 4.20. The van der Waals surface area contributed by atoms with Gasteiger partial charge < -0.3 is 30.3 Å². The van der Waals surface area contributed by atoms with E-state index in [0.29, 0.717) is 11.0 Å². The molecule has 3 aromatic carbocycles. The molecular formula is C29H31N3O6. The molecule has 4 rings (SSSR count). The van der Waals surface area contributed by atoms with Gasteiger partial charge in [0, 0.05) is 6.54 Å². The first-order valence-electron chi connectivity index (χ1n) is 12.3. The first kappa shape index (κ1) is 27.2. The van der Waals surface area contributed by atoms with Crippen LogP contribution in [0.5, 0.6) is 0 Å². The van der Waals surface area contributed by atoms with Crippen LogP contribution in [0.4, 0.5) is 0 Å². The number of aromatic nitrogens is 2. The summed E-state index contributed by atoms with van der Waals surface area (Å²) in [6.07, 6.45) is -4.87. The molecule has 5 N–H and O–H groups in total. The number of hydrogen-bond acceptors (Lipinski definition) is 7. The molecule has 9 nitrogen and oxygen atoms in total. The second kappa shape index (κ2) is 11.7. The summed E-state index contributed by atoms with van der Waals surface area (Å²) in [5.41, 5.74) is 4.36. The molecule has 1 heterocycles. The normalized spacial score (nSPS) is 13.7. The van der Waals surface area contributed by atoms with Crippen molar-refractivity contribution in [2.75, 3.05) is 6.61 Å². The molecular weight excluding hydrogens is 486 g/mol. The number of aryl methyl sites for hydroxylation is 2. The molecule has 198 valence electrons. The topological polar surface area (TPSA) is 145 Å². The van der Waals surface area contributed by atoms with Crippen molar-refractivity contribution in [3.05, 3.63) is 99.5 Å². The number of fused-ring (bicyclic) bond motifs is 1. The van der Waals surface area contributed by atoms with Crippen molar-refractivity contribution in [2.24, 2.45) is 0 Å². The molecule has 0 saturated carbocycles. The van der Waals surface area contributed by atoms with Crippen molar-refractivity contribution in [1.82, 2.24) is 14.9 Å². The highest BCUT2D eigenvalue weighted by atomic mass is 16.4. The minimum Gasteiger partial charge on any atom is -0.394 e. The summed E-state index contributed by atoms with van der Waals surface area (Å²) < 4.78 is 1.16. The number of aliphatic hydroxyl groups excluding tert-OH is 4. The van der Waals surface area contributed by atoms with Crippen molar-refractivity contribution in [2.45, 2.75) is 45.2 Å². The smallest absolute Gasteiger partial charge is 0.282 e. The number of rotatable bonds is 9. The lowest BCUT2D eigenvalue weighted by Gasteiger charge is -2.23. The zero-order valence-electron chi connectivity index (χ0n) is 21.2. The van der Waals surface area contributed by atoms with Gasteiger partial charge in [0.15, 0.2) is 5.69 Å². The third-order valence-electron chi connectivity index (χ3n) is 6.64. The molecule has 9 heteroatoms. The van der Waals surface area contributed by atoms with Crippen LogP contribution < -0.4 is 10.9 Å². The Labute approximate surface area is 219 Å². The molecule has 0 aliphatic heterocycles. The van der Waals surface area contributed by atoms with Crippen LogP contribution in [0.15, 0.2) is 71.5 Å². The Balaban J connectivity index is 1.61. The molecule has 0 fully saturated rings. The van der Waals surface area contributed by atoms with Crippen LogP contribution in [-0.2, 0) is 13.1 Å². The van der Waals surface area contributed by atoms with Gasteiger partial charge in [-0.1, -0.05) is 54.6 Å². The summed E-state index contributed by atoms with van der Waals surface area (Å²) in [4.78, 5) is 30.8. The van der Waals surface area contributed by atoms with Crippen LogP contribution in [0.1, 0.15) is 27.2 Å². The molecule has 0 radical (unpaired) electrons. The van der Waals surface area contributed by atoms with Crippen molar-refractivity contribution in [3.63, 3.8) is 0 Å². The standard InChI is InChI=1S/C29H31N3O6/c1-17-12-22-23(13-18(17)2)32(15-24(34)27(36)25(35)16-33)29(38)26(31-22)28(37)30-14-19-8-10-21(11-9-19)20-6-4-3-5-7-20/h3-13,24-25,27,33-36H,14-16H2,1-2H3,(H,30,37)/t24-,25+,27-/m0/s1. The summed E-state index contributed by atoms with van der Waals surface area (Å²) in [7, 11) is 0. The van der Waals surface area contributed by atoms with Gasteiger partial charge in [0.1, 0.15) is 18.3 Å². The van der Waals surface area contributed by atoms with E-state index in [1.165, 1.54) is 0 Å². The van der Waals surface area contributed by atoms with E-state index < -0.39 is 42.9 Å². The molecule has 0 aliphatic carbocycles. The molecule has 0 aliphatic rings. The van der Waals surface area contributed by atoms with E-state index in [2.05, 4.69) is 10.3 Å². The monoisotopic (exact) mass is 517 g/mol. The largest absolute Gasteiger partial charge is 0.394 e. The summed E-state index contributed by atoms with van der Waals surface area (Å²) in [5.74, 6) is -0.679. The lowest BCUT2D eigenvalue weighted by molar-refractivity contribution is -0.0805. The quantitative estimate of drug-likeness (QED) is 0.227. The molecule has 0 saturated heterocycles. The van der Waals surface area contributed by atoms with E-state index in [-0.39, 0.29) is 12.2 Å². The van der Waals surface area contributed by atoms with Gasteiger partial charge in [0.05, 0.1) is 24.2 Å². The zero-order chi connectivity index (χ0) is 27.4. The summed E-state index contributed by atoms with van der Waals surface area (Å²) in [6.45, 7) is 2.72. The van der Waals surface area contributed by atoms with Crippen LogP contribution in [0.2, 0.25) is 0 Å². The SMILES string of the molecule is Cc1cc2nc(C(=O)NCc3ccc(-c4ccccc4)cc3)c(=O)n(C[C@H](O)[C@H](O)[C@H](O)CO)c2cc1C. The Morgan fingerprint density at radius 1 is 0.921 bits per heavy atom. The van der Waals surface area contributed by atoms with E-state index in [9.17, 15) is 24.9 Å². The first-order chi connectivity index (χ1) is 18.2. The number of aliphatic hydroxyl groups is 4. The molecule has 0 bridgehead atoms. The van der Waals surface area contributed by atoms with Gasteiger partial charge in [0.25, 0.3) is 11.5 Å². The van der Waals surface area contributed by atoms with Crippen molar-refractivity contribution >= 4 is 16.9 Å². The number of carbonyl (C=O) groups is 1. The molecule has 1 aromatic heterocycles. The first-order valence-corrected chi connectivity index (χ1v) is 12.3. The highest BCUT2D eigenvalue weighted by Crippen LogP contribution is 2.20. The Bertz CT molecular complexity index is 1480. The predicted octanol–water partition coefficient (Wildman–Crippen LogP) is 1.69. The number of nitrogens with zero attached hydrogens (tertiary/aromatic N) is 2. The van der Waals surface area contributed by atoms with Crippen molar-refractivity contribution in [1.29, 1.82) is 0 Å². The summed E-state index contributed by atoms with van der Waals surface area (Å²) in [5, 5.41) is 42.1. The molecule has 0 unspecified atom stereocenters. The predicted molar refractivity (Wildman–Crippen MR) is 144 cm³/mol. The molecule has 4 aromatic rings. The Morgan fingerprint density at radius 2 is 1.55 bits per heavy atom. The van der Waals surface area contributed by atoms with Crippen LogP contribution in [0.3, 0.4) is 0 Å². The van der Waals surface area contributed by atoms with Crippen LogP contribution in [0.25, 0.3) is 22.2 Å². The van der Waals surface area contributed by atoms with Crippen LogP contribution in [0, 0.1) is 13.8 Å². The van der Waals surface area contributed by atoms with Gasteiger partial charge in [-0.3, -0.25) is 9.59 Å². The van der Waals surface area contributed by atoms with Crippen molar-refractivity contribution < 1.29 is 25.2 Å². The van der Waals surface area contributed by atoms with Gasteiger partial charge in [-0.2, -0.15) is 0 Å². The van der Waals surface area contributed by atoms with Crippen LogP contribution >= 0.6 is 0 Å². The Kier molecular flexibility index (Phi) is 8.33. The van der Waals surface area contributed by atoms with E-state index in [1.807, 2.05) is 68.4 Å². The molecule has 3 atom stereocenters. The fourth-order valence-electron chi connectivity index (χ4n) is 4.20. The van der Waals surface area contributed by atoms with E-state index in [1.54, 1.807) is 12.1 Å². The maximum atomic E-state index is 13.4. The van der Waals surface area contributed by atoms with Crippen LogP contribution in [-0.4, -0.2) is 60.8 Å². The highest BCUT2D eigenvalue weighted by Gasteiger charge is 2.27. The Morgan fingerprint density at radius 3 is 2.21 bits per heavy atom. The van der Waals surface area contributed by atoms with Gasteiger partial charge in [-0.05, 0) is 53.8 Å². The fraction of sp³-hybridized carbons (Fsp3) is 0.276. The number of hydrogen-bond donors (Lipinski definition) is 5. The highest BCUT2D eigenvalue weighted by molar-refractivity contribution is 5.94. The summed E-state index contributed by atoms with van der Waals surface area (Å²) in [6, 6.07) is 21.1. The molecule has 1 amide bonds. The molecule has 38 heavy (non-hydrogen) atoms. The van der Waals surface area contributed by atoms with E-state index in [4.69, 9.17) is 5.11 Å². The lowest BCUT2D eigenvalue weighted by atomic mass is 10.0. The molecule has 0 spiro atoms. The van der Waals surface area contributed by atoms with Gasteiger partial charge in [-0.15, -0.1) is 0 Å². The zero-order valence-corrected chi connectivity index (χ0v) is 21.2. The summed E-state index contributed by atoms with van der Waals surface area (Å²) >= 11 is 0. The van der Waals surface area contributed by atoms with E-state index in [0.717, 1.165) is 32.4 Å². The number of amides is 1. The maximum Gasteiger partial charge on any atom is 0.282 e. The lowest BCUT2D eigenvalue weighted by Crippen LogP contribution is -2.44. The maximum absolute atomic E-state index is 13.4. The number of nitrogens with one attached hydrogen (secondary N) is 1. The van der Waals surface area contributed by atoms with E-state index >= 15 is 0 Å². The third kappa shape index (κ3) is 5.81. The second-order valence-electron chi connectivity index (χ2n) is 9.35. The Hall–Kier alpha value is -3.89. The average Bonchev–Trinajstić information content (AvgIpc) is 2.94. The average molecular weight is 518 g/mol. The van der Waals surface area contributed by atoms with Gasteiger partial charge in [-0.25, -0.2) is 4.98 Å². The van der Waals surface area contributed by atoms with Gasteiger partial charge >= 0.3 is 0 Å². The minimum absolute atomic E-state index is 0.171. The third-order valence-corrected chi connectivity index (χ3v) is 6.64. The minimum atomic E-state index is -1.70. The second-order valence-corrected chi connectivity index (χ2v) is 9.35. The number of carbonyl (C=O) groups excluding carboxylic acids is 1. The van der Waals surface area contributed by atoms with Gasteiger partial charge in [0.2, 0.25) is 0 Å². The number of benzene rings is 3. The van der Waals surface area contributed by atoms with Crippen molar-refractivity contribution in [3.8, 4) is 11.1 Å².